The van der Waals surface area contributed by atoms with Crippen molar-refractivity contribution in [3.63, 3.8) is 0 Å². The highest BCUT2D eigenvalue weighted by Gasteiger charge is 2.24. The Labute approximate surface area is 205 Å². The molecule has 172 valence electrons. The quantitative estimate of drug-likeness (QED) is 0.212. The van der Waals surface area contributed by atoms with Crippen LogP contribution in [-0.2, 0) is 0 Å². The van der Waals surface area contributed by atoms with E-state index in [-0.39, 0.29) is 31.5 Å². The largest absolute Gasteiger partial charge is 0.272 e. The molecule has 8 nitrogen and oxygen atoms in total. The summed E-state index contributed by atoms with van der Waals surface area (Å²) >= 11 is 24.7. The summed E-state index contributed by atoms with van der Waals surface area (Å²) in [6, 6.07) is 4.89. The van der Waals surface area contributed by atoms with Gasteiger partial charge < -0.3 is 0 Å². The van der Waals surface area contributed by atoms with Crippen molar-refractivity contribution in [3.05, 3.63) is 64.6 Å². The van der Waals surface area contributed by atoms with Crippen LogP contribution in [0.2, 0.25) is 20.1 Å². The second kappa shape index (κ2) is 12.1. The number of nitro groups is 2. The van der Waals surface area contributed by atoms with E-state index >= 15 is 0 Å². The fourth-order valence-corrected chi connectivity index (χ4v) is 4.01. The van der Waals surface area contributed by atoms with E-state index in [2.05, 4.69) is 4.99 Å². The lowest BCUT2D eigenvalue weighted by atomic mass is 10.2. The van der Waals surface area contributed by atoms with E-state index in [1.54, 1.807) is 18.5 Å². The van der Waals surface area contributed by atoms with Gasteiger partial charge in [-0.25, -0.2) is 4.99 Å². The summed E-state index contributed by atoms with van der Waals surface area (Å²) in [5.74, 6) is 0. The lowest BCUT2D eigenvalue weighted by molar-refractivity contribution is -0.407. The number of rotatable bonds is 6. The molecular weight excluding hydrogens is 502 g/mol. The molecule has 0 saturated carbocycles. The van der Waals surface area contributed by atoms with E-state index in [0.29, 0.717) is 17.8 Å². The number of halogens is 4. The SMILES string of the molecule is CC.CC(CC(C)=[N+](C)c1c(Cl)cc([N+](=O)[O-])cc1Cl)=[NH+]c1c(Cl)cc([N+](=O)[O-])cc1Cl. The van der Waals surface area contributed by atoms with Gasteiger partial charge in [0.15, 0.2) is 11.4 Å². The minimum absolute atomic E-state index is 0.112. The number of nitrogens with zero attached hydrogens (tertiary/aromatic N) is 3. The molecule has 0 spiro atoms. The van der Waals surface area contributed by atoms with E-state index in [4.69, 9.17) is 46.4 Å². The topological polar surface area (TPSA) is 103 Å². The van der Waals surface area contributed by atoms with Crippen LogP contribution in [0.5, 0.6) is 0 Å². The smallest absolute Gasteiger partial charge is 0.258 e. The summed E-state index contributed by atoms with van der Waals surface area (Å²) in [4.78, 5) is 23.8. The zero-order valence-electron chi connectivity index (χ0n) is 18.0. The molecule has 32 heavy (non-hydrogen) atoms. The van der Waals surface area contributed by atoms with Crippen molar-refractivity contribution in [2.75, 3.05) is 7.05 Å². The van der Waals surface area contributed by atoms with Crippen LogP contribution >= 0.6 is 46.4 Å². The Balaban J connectivity index is 0.00000249. The monoisotopic (exact) mass is 522 g/mol. The molecule has 1 N–H and O–H groups in total. The number of hydrogen-bond donors (Lipinski definition) is 1. The Hall–Kier alpha value is -2.26. The fourth-order valence-electron chi connectivity index (χ4n) is 2.71. The van der Waals surface area contributed by atoms with Gasteiger partial charge in [-0.3, -0.25) is 20.2 Å². The molecule has 12 heteroatoms. The Bertz CT molecular complexity index is 1070. The van der Waals surface area contributed by atoms with Crippen LogP contribution in [0.3, 0.4) is 0 Å². The summed E-state index contributed by atoms with van der Waals surface area (Å²) in [5, 5.41) is 22.4. The maximum absolute atomic E-state index is 11.0. The minimum atomic E-state index is -0.581. The maximum Gasteiger partial charge on any atom is 0.272 e. The lowest BCUT2D eigenvalue weighted by Gasteiger charge is -2.05. The van der Waals surface area contributed by atoms with Gasteiger partial charge in [0.2, 0.25) is 11.4 Å². The Morgan fingerprint density at radius 3 is 1.59 bits per heavy atom. The van der Waals surface area contributed by atoms with E-state index in [9.17, 15) is 20.2 Å². The zero-order chi connectivity index (χ0) is 24.7. The minimum Gasteiger partial charge on any atom is -0.258 e. The van der Waals surface area contributed by atoms with Crippen molar-refractivity contribution in [3.8, 4) is 0 Å². The third kappa shape index (κ3) is 6.87. The van der Waals surface area contributed by atoms with Crippen LogP contribution in [0.15, 0.2) is 24.3 Å². The highest BCUT2D eigenvalue weighted by atomic mass is 35.5. The molecular formula is C20H22Cl4N4O4+2. The highest BCUT2D eigenvalue weighted by molar-refractivity contribution is 6.39. The third-order valence-corrected chi connectivity index (χ3v) is 5.39. The van der Waals surface area contributed by atoms with Gasteiger partial charge in [-0.1, -0.05) is 60.3 Å². The van der Waals surface area contributed by atoms with Gasteiger partial charge in [0, 0.05) is 38.1 Å². The van der Waals surface area contributed by atoms with Gasteiger partial charge in [0.1, 0.15) is 33.6 Å². The zero-order valence-corrected chi connectivity index (χ0v) is 21.0. The van der Waals surface area contributed by atoms with E-state index in [1.165, 1.54) is 24.3 Å². The molecule has 0 saturated heterocycles. The van der Waals surface area contributed by atoms with E-state index in [1.807, 2.05) is 20.8 Å². The first-order valence-electron chi connectivity index (χ1n) is 9.34. The number of benzene rings is 2. The van der Waals surface area contributed by atoms with Crippen LogP contribution < -0.4 is 4.99 Å². The first-order valence-corrected chi connectivity index (χ1v) is 10.9. The van der Waals surface area contributed by atoms with Crippen molar-refractivity contribution >= 4 is 80.6 Å². The summed E-state index contributed by atoms with van der Waals surface area (Å²) < 4.78 is 1.72. The third-order valence-electron chi connectivity index (χ3n) is 4.22. The van der Waals surface area contributed by atoms with Crippen LogP contribution in [-0.4, -0.2) is 32.9 Å². The molecule has 2 aromatic carbocycles. The van der Waals surface area contributed by atoms with Crippen LogP contribution in [0.4, 0.5) is 22.7 Å². The Kier molecular flexibility index (Phi) is 10.5. The molecule has 2 rings (SSSR count). The summed E-state index contributed by atoms with van der Waals surface area (Å²) in [5.41, 5.74) is 1.92. The predicted octanol–water partition coefficient (Wildman–Crippen LogP) is 6.14. The first kappa shape index (κ1) is 27.8. The fraction of sp³-hybridized carbons (Fsp3) is 0.300. The number of non-ortho nitro benzene ring substituents is 2. The van der Waals surface area contributed by atoms with Gasteiger partial charge in [-0.05, 0) is 0 Å². The molecule has 0 atom stereocenters. The summed E-state index contributed by atoms with van der Waals surface area (Å²) in [6.45, 7) is 7.63. The van der Waals surface area contributed by atoms with Gasteiger partial charge >= 0.3 is 0 Å². The number of nitro benzene ring substituents is 2. The summed E-state index contributed by atoms with van der Waals surface area (Å²) in [7, 11) is 1.73. The van der Waals surface area contributed by atoms with E-state index < -0.39 is 9.85 Å². The normalized spacial score (nSPS) is 12.0. The van der Waals surface area contributed by atoms with Crippen molar-refractivity contribution < 1.29 is 19.4 Å². The van der Waals surface area contributed by atoms with Crippen LogP contribution in [0.25, 0.3) is 0 Å². The van der Waals surface area contributed by atoms with Crippen LogP contribution in [0.1, 0.15) is 34.1 Å². The second-order valence-corrected chi connectivity index (χ2v) is 8.06. The number of hydrogen-bond acceptors (Lipinski definition) is 4. The van der Waals surface area contributed by atoms with Crippen molar-refractivity contribution in [1.29, 1.82) is 0 Å². The van der Waals surface area contributed by atoms with Gasteiger partial charge in [0.25, 0.3) is 11.4 Å². The van der Waals surface area contributed by atoms with Crippen LogP contribution in [0, 0.1) is 20.2 Å². The lowest BCUT2D eigenvalue weighted by Crippen LogP contribution is -2.66. The molecule has 2 aromatic rings. The van der Waals surface area contributed by atoms with Crippen molar-refractivity contribution in [2.24, 2.45) is 0 Å². The summed E-state index contributed by atoms with van der Waals surface area (Å²) in [6.07, 6.45) is 0.420. The van der Waals surface area contributed by atoms with Gasteiger partial charge in [-0.15, -0.1) is 0 Å². The molecule has 0 bridgehead atoms. The van der Waals surface area contributed by atoms with Crippen molar-refractivity contribution in [1.82, 2.24) is 0 Å². The Morgan fingerprint density at radius 1 is 0.844 bits per heavy atom. The molecule has 0 radical (unpaired) electrons. The molecule has 0 aliphatic rings. The standard InChI is InChI=1S/C18H15Cl4N4O4.C2H6/c1-9(23-17-13(19)5-11(25(27)28)6-14(17)20)4-10(2)24(3)18-15(21)7-12(26(29)30)8-16(18)22;1-2/h5-8H,4H2,1-3H3;1-2H3/q+1;/p+1. The molecule has 0 amide bonds. The van der Waals surface area contributed by atoms with Crippen molar-refractivity contribution in [2.45, 2.75) is 34.1 Å². The average molecular weight is 524 g/mol. The Morgan fingerprint density at radius 2 is 1.22 bits per heavy atom. The van der Waals surface area contributed by atoms with E-state index in [0.717, 1.165) is 11.4 Å². The highest BCUT2D eigenvalue weighted by Crippen LogP contribution is 2.36. The molecule has 0 aliphatic carbocycles. The molecule has 0 heterocycles. The maximum atomic E-state index is 11.0. The molecule has 0 aromatic heterocycles. The molecule has 0 aliphatic heterocycles. The molecule has 0 unspecified atom stereocenters. The van der Waals surface area contributed by atoms with Gasteiger partial charge in [0.05, 0.1) is 9.85 Å². The second-order valence-electron chi connectivity index (χ2n) is 6.43. The number of nitrogens with one attached hydrogen (secondary N) is 1. The average Bonchev–Trinajstić information content (AvgIpc) is 2.71. The first-order chi connectivity index (χ1) is 14.9. The predicted molar refractivity (Wildman–Crippen MR) is 130 cm³/mol. The van der Waals surface area contributed by atoms with Gasteiger partial charge in [-0.2, -0.15) is 4.58 Å². The molecule has 0 fully saturated rings.